The smallest absolute Gasteiger partial charge is 0.229 e. The summed E-state index contributed by atoms with van der Waals surface area (Å²) in [7, 11) is 0. The van der Waals surface area contributed by atoms with E-state index < -0.39 is 0 Å². The first-order chi connectivity index (χ1) is 9.24. The normalized spacial score (nSPS) is 16.9. The van der Waals surface area contributed by atoms with E-state index in [1.165, 1.54) is 4.90 Å². The molecule has 0 unspecified atom stereocenters. The van der Waals surface area contributed by atoms with Gasteiger partial charge < -0.3 is 4.98 Å². The fourth-order valence-corrected chi connectivity index (χ4v) is 2.37. The highest BCUT2D eigenvalue weighted by Gasteiger charge is 2.24. The van der Waals surface area contributed by atoms with Gasteiger partial charge in [0.15, 0.2) is 0 Å². The Labute approximate surface area is 110 Å². The maximum atomic E-state index is 11.9. The van der Waals surface area contributed by atoms with E-state index >= 15 is 0 Å². The molecule has 2 amide bonds. The number of carbonyl (C=O) groups excluding carboxylic acids is 2. The van der Waals surface area contributed by atoms with Crippen LogP contribution in [0.2, 0.25) is 0 Å². The molecule has 1 saturated heterocycles. The Hall–Kier alpha value is -2.17. The summed E-state index contributed by atoms with van der Waals surface area (Å²) in [5.41, 5.74) is 1.78. The van der Waals surface area contributed by atoms with Gasteiger partial charge in [0.1, 0.15) is 5.82 Å². The predicted molar refractivity (Wildman–Crippen MR) is 70.1 cm³/mol. The largest absolute Gasteiger partial charge is 0.340 e. The lowest BCUT2D eigenvalue weighted by Gasteiger charge is -2.16. The van der Waals surface area contributed by atoms with Gasteiger partial charge in [0.05, 0.1) is 17.6 Å². The average molecular weight is 257 g/mol. The Kier molecular flexibility index (Phi) is 3.03. The van der Waals surface area contributed by atoms with Crippen molar-refractivity contribution in [3.63, 3.8) is 0 Å². The van der Waals surface area contributed by atoms with E-state index in [2.05, 4.69) is 9.97 Å². The van der Waals surface area contributed by atoms with Gasteiger partial charge in [0.25, 0.3) is 0 Å². The first-order valence-electron chi connectivity index (χ1n) is 6.51. The van der Waals surface area contributed by atoms with Crippen molar-refractivity contribution in [2.24, 2.45) is 0 Å². The van der Waals surface area contributed by atoms with E-state index in [0.29, 0.717) is 18.7 Å². The highest BCUT2D eigenvalue weighted by atomic mass is 16.2. The molecule has 1 fully saturated rings. The Morgan fingerprint density at radius 2 is 1.79 bits per heavy atom. The second-order valence-corrected chi connectivity index (χ2v) is 4.78. The van der Waals surface area contributed by atoms with Crippen molar-refractivity contribution in [1.82, 2.24) is 14.9 Å². The van der Waals surface area contributed by atoms with Gasteiger partial charge in [0.2, 0.25) is 11.8 Å². The number of aromatic nitrogens is 2. The summed E-state index contributed by atoms with van der Waals surface area (Å²) in [6.07, 6.45) is 2.49. The SMILES string of the molecule is O=C1CCCCC(=O)N1Cc1nc2ccccc2[nH]1. The maximum Gasteiger partial charge on any atom is 0.229 e. The van der Waals surface area contributed by atoms with Gasteiger partial charge in [-0.25, -0.2) is 4.98 Å². The van der Waals surface area contributed by atoms with Crippen molar-refractivity contribution >= 4 is 22.8 Å². The second kappa shape index (κ2) is 4.84. The van der Waals surface area contributed by atoms with Crippen molar-refractivity contribution in [2.45, 2.75) is 32.2 Å². The number of nitrogens with one attached hydrogen (secondary N) is 1. The van der Waals surface area contributed by atoms with Crippen molar-refractivity contribution in [3.05, 3.63) is 30.1 Å². The zero-order chi connectivity index (χ0) is 13.2. The van der Waals surface area contributed by atoms with Gasteiger partial charge in [0, 0.05) is 12.8 Å². The van der Waals surface area contributed by atoms with Crippen LogP contribution in [0, 0.1) is 0 Å². The molecular weight excluding hydrogens is 242 g/mol. The molecule has 5 heteroatoms. The zero-order valence-electron chi connectivity index (χ0n) is 10.6. The molecule has 2 heterocycles. The quantitative estimate of drug-likeness (QED) is 0.837. The first-order valence-corrected chi connectivity index (χ1v) is 6.51. The van der Waals surface area contributed by atoms with Crippen LogP contribution < -0.4 is 0 Å². The van der Waals surface area contributed by atoms with E-state index in [-0.39, 0.29) is 18.4 Å². The molecule has 2 aromatic rings. The molecule has 0 aliphatic carbocycles. The molecule has 0 saturated carbocycles. The summed E-state index contributed by atoms with van der Waals surface area (Å²) < 4.78 is 0. The third-order valence-electron chi connectivity index (χ3n) is 3.38. The van der Waals surface area contributed by atoms with Gasteiger partial charge in [-0.2, -0.15) is 0 Å². The zero-order valence-corrected chi connectivity index (χ0v) is 10.6. The fourth-order valence-electron chi connectivity index (χ4n) is 2.37. The number of imide groups is 1. The number of likely N-dealkylation sites (tertiary alicyclic amines) is 1. The minimum atomic E-state index is -0.0945. The number of benzene rings is 1. The molecule has 1 aliphatic rings. The van der Waals surface area contributed by atoms with Crippen LogP contribution in [0.3, 0.4) is 0 Å². The standard InChI is InChI=1S/C14H15N3O2/c18-13-7-3-4-8-14(19)17(13)9-12-15-10-5-1-2-6-11(10)16-12/h1-2,5-6H,3-4,7-9H2,(H,15,16). The highest BCUT2D eigenvalue weighted by molar-refractivity contribution is 5.95. The number of carbonyl (C=O) groups is 2. The van der Waals surface area contributed by atoms with Crippen LogP contribution in [0.1, 0.15) is 31.5 Å². The van der Waals surface area contributed by atoms with Crippen molar-refractivity contribution < 1.29 is 9.59 Å². The lowest BCUT2D eigenvalue weighted by molar-refractivity contribution is -0.144. The Morgan fingerprint density at radius 1 is 1.11 bits per heavy atom. The molecule has 0 atom stereocenters. The second-order valence-electron chi connectivity index (χ2n) is 4.78. The first kappa shape index (κ1) is 11.9. The van der Waals surface area contributed by atoms with Crippen LogP contribution in [0.25, 0.3) is 11.0 Å². The van der Waals surface area contributed by atoms with Crippen molar-refractivity contribution in [3.8, 4) is 0 Å². The van der Waals surface area contributed by atoms with Crippen LogP contribution in [0.5, 0.6) is 0 Å². The summed E-state index contributed by atoms with van der Waals surface area (Å²) in [6, 6.07) is 7.67. The van der Waals surface area contributed by atoms with Crippen molar-refractivity contribution in [1.29, 1.82) is 0 Å². The Morgan fingerprint density at radius 3 is 2.47 bits per heavy atom. The number of H-pyrrole nitrogens is 1. The van der Waals surface area contributed by atoms with E-state index in [0.717, 1.165) is 23.9 Å². The number of para-hydroxylation sites is 2. The minimum Gasteiger partial charge on any atom is -0.340 e. The Bertz CT molecular complexity index is 581. The minimum absolute atomic E-state index is 0.0945. The van der Waals surface area contributed by atoms with E-state index in [9.17, 15) is 9.59 Å². The summed E-state index contributed by atoms with van der Waals surface area (Å²) in [5.74, 6) is 0.468. The number of hydrogen-bond acceptors (Lipinski definition) is 3. The average Bonchev–Trinajstić information content (AvgIpc) is 2.75. The van der Waals surface area contributed by atoms with Crippen molar-refractivity contribution in [2.75, 3.05) is 0 Å². The van der Waals surface area contributed by atoms with E-state index in [1.54, 1.807) is 0 Å². The monoisotopic (exact) mass is 257 g/mol. The molecule has 1 aromatic carbocycles. The summed E-state index contributed by atoms with van der Waals surface area (Å²) in [4.78, 5) is 32.7. The summed E-state index contributed by atoms with van der Waals surface area (Å²) in [6.45, 7) is 0.242. The lowest BCUT2D eigenvalue weighted by Crippen LogP contribution is -2.34. The third kappa shape index (κ3) is 2.36. The molecule has 1 N–H and O–H groups in total. The van der Waals surface area contributed by atoms with Crippen LogP contribution in [-0.2, 0) is 16.1 Å². The fraction of sp³-hybridized carbons (Fsp3) is 0.357. The number of fused-ring (bicyclic) bond motifs is 1. The van der Waals surface area contributed by atoms with Crippen LogP contribution in [-0.4, -0.2) is 26.7 Å². The van der Waals surface area contributed by atoms with Crippen LogP contribution >= 0.6 is 0 Å². The molecule has 0 bridgehead atoms. The van der Waals surface area contributed by atoms with Crippen LogP contribution in [0.15, 0.2) is 24.3 Å². The molecule has 0 radical (unpaired) electrons. The number of imidazole rings is 1. The van der Waals surface area contributed by atoms with Gasteiger partial charge >= 0.3 is 0 Å². The number of nitrogens with zero attached hydrogens (tertiary/aromatic N) is 2. The van der Waals surface area contributed by atoms with Gasteiger partial charge in [-0.05, 0) is 25.0 Å². The summed E-state index contributed by atoms with van der Waals surface area (Å²) >= 11 is 0. The number of rotatable bonds is 2. The van der Waals surface area contributed by atoms with Gasteiger partial charge in [-0.3, -0.25) is 14.5 Å². The molecule has 19 heavy (non-hydrogen) atoms. The van der Waals surface area contributed by atoms with E-state index in [1.807, 2.05) is 24.3 Å². The molecule has 0 spiro atoms. The number of amides is 2. The highest BCUT2D eigenvalue weighted by Crippen LogP contribution is 2.16. The van der Waals surface area contributed by atoms with Gasteiger partial charge in [-0.1, -0.05) is 12.1 Å². The number of hydrogen-bond donors (Lipinski definition) is 1. The molecule has 5 nitrogen and oxygen atoms in total. The topological polar surface area (TPSA) is 66.1 Å². The maximum absolute atomic E-state index is 11.9. The molecule has 1 aliphatic heterocycles. The molecule has 3 rings (SSSR count). The number of aromatic amines is 1. The Balaban J connectivity index is 1.86. The summed E-state index contributed by atoms with van der Waals surface area (Å²) in [5, 5.41) is 0. The van der Waals surface area contributed by atoms with E-state index in [4.69, 9.17) is 0 Å². The van der Waals surface area contributed by atoms with Gasteiger partial charge in [-0.15, -0.1) is 0 Å². The molecular formula is C14H15N3O2. The predicted octanol–water partition coefficient (Wildman–Crippen LogP) is 1.99. The third-order valence-corrected chi connectivity index (χ3v) is 3.38. The van der Waals surface area contributed by atoms with Crippen LogP contribution in [0.4, 0.5) is 0 Å². The molecule has 1 aromatic heterocycles. The molecule has 98 valence electrons. The lowest BCUT2D eigenvalue weighted by atomic mass is 10.2.